The van der Waals surface area contributed by atoms with Crippen LogP contribution in [-0.4, -0.2) is 9.36 Å². The molecule has 0 spiro atoms. The van der Waals surface area contributed by atoms with Crippen LogP contribution in [0.4, 0.5) is 0 Å². The van der Waals surface area contributed by atoms with E-state index in [1.165, 1.54) is 5.56 Å². The van der Waals surface area contributed by atoms with Gasteiger partial charge in [0.15, 0.2) is 0 Å². The Morgan fingerprint density at radius 1 is 0.810 bits per heavy atom. The van der Waals surface area contributed by atoms with Gasteiger partial charge in [-0.25, -0.2) is 4.68 Å². The van der Waals surface area contributed by atoms with Crippen molar-refractivity contribution in [2.24, 2.45) is 7.05 Å². The van der Waals surface area contributed by atoms with E-state index in [9.17, 15) is 4.79 Å². The number of aryl methyl sites for hydroxylation is 2. The highest BCUT2D eigenvalue weighted by atomic mass is 16.1. The number of hydrogen-bond acceptors (Lipinski definition) is 1. The van der Waals surface area contributed by atoms with Gasteiger partial charge < -0.3 is 0 Å². The van der Waals surface area contributed by atoms with Crippen LogP contribution in [0.25, 0.3) is 5.69 Å². The predicted octanol–water partition coefficient (Wildman–Crippen LogP) is 3.48. The molecule has 0 unspecified atom stereocenters. The van der Waals surface area contributed by atoms with Crippen molar-refractivity contribution in [2.75, 3.05) is 0 Å². The second kappa shape index (κ2) is 6.75. The first-order chi connectivity index (χ1) is 10.1. The molecule has 1 heterocycles. The van der Waals surface area contributed by atoms with E-state index in [1.54, 1.807) is 10.7 Å². The summed E-state index contributed by atoms with van der Waals surface area (Å²) in [6, 6.07) is 21.5. The molecule has 0 N–H and O–H groups in total. The van der Waals surface area contributed by atoms with Crippen LogP contribution in [0.5, 0.6) is 0 Å². The number of nitrogens with zero attached hydrogens (tertiary/aromatic N) is 2. The molecule has 0 bridgehead atoms. The normalized spacial score (nSPS) is 9.86. The largest absolute Gasteiger partial charge is 0.285 e. The molecule has 0 saturated heterocycles. The molecule has 0 aliphatic rings. The molecule has 1 aromatic heterocycles. The van der Waals surface area contributed by atoms with Crippen molar-refractivity contribution in [3.05, 3.63) is 88.3 Å². The number of benzene rings is 2. The number of hydrogen-bond donors (Lipinski definition) is 0. The van der Waals surface area contributed by atoms with Crippen molar-refractivity contribution < 1.29 is 0 Å². The summed E-state index contributed by atoms with van der Waals surface area (Å²) in [5.41, 5.74) is 3.19. The second-order valence-corrected chi connectivity index (χ2v) is 4.95. The van der Waals surface area contributed by atoms with E-state index in [0.29, 0.717) is 0 Å². The third-order valence-corrected chi connectivity index (χ3v) is 3.29. The standard InChI is InChI=1S/C11H12N2O.C7H8/c1-9-8-11(14)13(12(9)2)10-6-4-3-5-7-10;1-7-5-3-2-4-6-7/h3-8H,1-2H3;2-6H,1H3. The van der Waals surface area contributed by atoms with Crippen LogP contribution in [0.1, 0.15) is 11.3 Å². The van der Waals surface area contributed by atoms with Gasteiger partial charge in [-0.15, -0.1) is 0 Å². The molecule has 0 saturated carbocycles. The Bertz CT molecular complexity index is 740. The zero-order valence-electron chi connectivity index (χ0n) is 12.7. The van der Waals surface area contributed by atoms with Gasteiger partial charge in [-0.2, -0.15) is 0 Å². The maximum absolute atomic E-state index is 11.6. The van der Waals surface area contributed by atoms with Crippen LogP contribution in [0.2, 0.25) is 0 Å². The zero-order chi connectivity index (χ0) is 15.2. The maximum Gasteiger partial charge on any atom is 0.271 e. The van der Waals surface area contributed by atoms with E-state index in [1.807, 2.05) is 67.2 Å². The Morgan fingerprint density at radius 2 is 1.33 bits per heavy atom. The molecule has 3 aromatic rings. The fourth-order valence-corrected chi connectivity index (χ4v) is 2.04. The predicted molar refractivity (Wildman–Crippen MR) is 86.9 cm³/mol. The van der Waals surface area contributed by atoms with Crippen molar-refractivity contribution in [1.82, 2.24) is 9.36 Å². The van der Waals surface area contributed by atoms with E-state index in [2.05, 4.69) is 19.1 Å². The van der Waals surface area contributed by atoms with Crippen LogP contribution < -0.4 is 5.56 Å². The summed E-state index contributed by atoms with van der Waals surface area (Å²) < 4.78 is 3.49. The average Bonchev–Trinajstić information content (AvgIpc) is 2.74. The molecule has 2 aromatic carbocycles. The fraction of sp³-hybridized carbons (Fsp3) is 0.167. The topological polar surface area (TPSA) is 26.9 Å². The van der Waals surface area contributed by atoms with Gasteiger partial charge in [0.25, 0.3) is 5.56 Å². The highest BCUT2D eigenvalue weighted by Gasteiger charge is 2.05. The molecule has 3 rings (SSSR count). The molecule has 108 valence electrons. The summed E-state index contributed by atoms with van der Waals surface area (Å²) in [5.74, 6) is 0. The van der Waals surface area contributed by atoms with E-state index in [4.69, 9.17) is 0 Å². The second-order valence-electron chi connectivity index (χ2n) is 4.95. The smallest absolute Gasteiger partial charge is 0.271 e. The van der Waals surface area contributed by atoms with Crippen LogP contribution in [0.3, 0.4) is 0 Å². The molecular weight excluding hydrogens is 260 g/mol. The number of para-hydroxylation sites is 1. The lowest BCUT2D eigenvalue weighted by molar-refractivity contribution is 0.630. The van der Waals surface area contributed by atoms with Gasteiger partial charge in [0.1, 0.15) is 0 Å². The summed E-state index contributed by atoms with van der Waals surface area (Å²) in [5, 5.41) is 0. The van der Waals surface area contributed by atoms with Crippen LogP contribution in [-0.2, 0) is 7.05 Å². The lowest BCUT2D eigenvalue weighted by atomic mass is 10.2. The number of aromatic nitrogens is 2. The van der Waals surface area contributed by atoms with E-state index >= 15 is 0 Å². The first-order valence-electron chi connectivity index (χ1n) is 6.92. The highest BCUT2D eigenvalue weighted by molar-refractivity contribution is 5.30. The van der Waals surface area contributed by atoms with E-state index < -0.39 is 0 Å². The fourth-order valence-electron chi connectivity index (χ4n) is 2.04. The van der Waals surface area contributed by atoms with Crippen molar-refractivity contribution in [2.45, 2.75) is 13.8 Å². The summed E-state index contributed by atoms with van der Waals surface area (Å²) in [7, 11) is 1.88. The summed E-state index contributed by atoms with van der Waals surface area (Å²) in [6.45, 7) is 4.00. The Morgan fingerprint density at radius 3 is 1.71 bits per heavy atom. The van der Waals surface area contributed by atoms with E-state index in [-0.39, 0.29) is 5.56 Å². The molecule has 0 fully saturated rings. The van der Waals surface area contributed by atoms with Gasteiger partial charge in [-0.3, -0.25) is 9.48 Å². The summed E-state index contributed by atoms with van der Waals surface area (Å²) >= 11 is 0. The molecule has 0 aliphatic heterocycles. The highest BCUT2D eigenvalue weighted by Crippen LogP contribution is 2.05. The van der Waals surface area contributed by atoms with Gasteiger partial charge in [0.05, 0.1) is 5.69 Å². The average molecular weight is 280 g/mol. The van der Waals surface area contributed by atoms with Crippen molar-refractivity contribution in [3.63, 3.8) is 0 Å². The van der Waals surface area contributed by atoms with Gasteiger partial charge >= 0.3 is 0 Å². The monoisotopic (exact) mass is 280 g/mol. The van der Waals surface area contributed by atoms with E-state index in [0.717, 1.165) is 11.4 Å². The first-order valence-corrected chi connectivity index (χ1v) is 6.92. The van der Waals surface area contributed by atoms with Crippen molar-refractivity contribution in [1.29, 1.82) is 0 Å². The zero-order valence-corrected chi connectivity index (χ0v) is 12.7. The molecule has 0 aliphatic carbocycles. The molecular formula is C18H20N2O. The summed E-state index contributed by atoms with van der Waals surface area (Å²) in [4.78, 5) is 11.6. The molecule has 21 heavy (non-hydrogen) atoms. The minimum absolute atomic E-state index is 0.0104. The number of rotatable bonds is 1. The van der Waals surface area contributed by atoms with Crippen LogP contribution in [0, 0.1) is 13.8 Å². The van der Waals surface area contributed by atoms with Gasteiger partial charge in [0, 0.05) is 18.8 Å². The maximum atomic E-state index is 11.6. The molecule has 0 atom stereocenters. The lowest BCUT2D eigenvalue weighted by Gasteiger charge is -2.07. The quantitative estimate of drug-likeness (QED) is 0.670. The third-order valence-electron chi connectivity index (χ3n) is 3.29. The Kier molecular flexibility index (Phi) is 4.77. The minimum atomic E-state index is 0.0104. The van der Waals surface area contributed by atoms with Crippen molar-refractivity contribution in [3.8, 4) is 5.69 Å². The Labute approximate surface area is 125 Å². The Balaban J connectivity index is 0.000000194. The minimum Gasteiger partial charge on any atom is -0.285 e. The molecule has 3 nitrogen and oxygen atoms in total. The van der Waals surface area contributed by atoms with Crippen LogP contribution >= 0.6 is 0 Å². The van der Waals surface area contributed by atoms with Gasteiger partial charge in [0.2, 0.25) is 0 Å². The van der Waals surface area contributed by atoms with Gasteiger partial charge in [-0.05, 0) is 26.0 Å². The molecule has 0 radical (unpaired) electrons. The Hall–Kier alpha value is -2.55. The molecule has 3 heteroatoms. The first kappa shape index (κ1) is 14.9. The van der Waals surface area contributed by atoms with Gasteiger partial charge in [-0.1, -0.05) is 54.1 Å². The van der Waals surface area contributed by atoms with Crippen LogP contribution in [0.15, 0.2) is 71.5 Å². The molecule has 0 amide bonds. The lowest BCUT2D eigenvalue weighted by Crippen LogP contribution is -2.18. The van der Waals surface area contributed by atoms with Crippen molar-refractivity contribution >= 4 is 0 Å². The summed E-state index contributed by atoms with van der Waals surface area (Å²) in [6.07, 6.45) is 0. The third kappa shape index (κ3) is 3.72. The SMILES string of the molecule is Cc1cc(=O)n(-c2ccccc2)n1C.Cc1ccccc1.